The molecule has 0 unspecified atom stereocenters. The van der Waals surface area contributed by atoms with Crippen molar-refractivity contribution in [2.75, 3.05) is 24.3 Å². The van der Waals surface area contributed by atoms with E-state index in [1.54, 1.807) is 4.90 Å². The Kier molecular flexibility index (Phi) is 4.76. The Morgan fingerprint density at radius 1 is 1.00 bits per heavy atom. The van der Waals surface area contributed by atoms with Crippen molar-refractivity contribution in [1.29, 1.82) is 0 Å². The monoisotopic (exact) mass is 416 g/mol. The highest BCUT2D eigenvalue weighted by atomic mass is 19.4. The van der Waals surface area contributed by atoms with Crippen molar-refractivity contribution in [3.63, 3.8) is 0 Å². The molecule has 4 aromatic rings. The van der Waals surface area contributed by atoms with Gasteiger partial charge in [0, 0.05) is 25.7 Å². The number of aromatic amines is 1. The van der Waals surface area contributed by atoms with Gasteiger partial charge in [0.15, 0.2) is 0 Å². The summed E-state index contributed by atoms with van der Waals surface area (Å²) in [6.45, 7) is 0. The lowest BCUT2D eigenvalue weighted by Crippen LogP contribution is -2.12. The van der Waals surface area contributed by atoms with Gasteiger partial charge in [-0.05, 0) is 18.2 Å². The summed E-state index contributed by atoms with van der Waals surface area (Å²) >= 11 is 0. The summed E-state index contributed by atoms with van der Waals surface area (Å²) in [5.41, 5.74) is 1.27. The van der Waals surface area contributed by atoms with Crippen molar-refractivity contribution in [1.82, 2.24) is 19.9 Å². The SMILES string of the molecule is CN(C)c1ncc(Nc2cc3nc(-c4ccc(C(F)(F)F)cc4)[nH]c3cc2F)cn1. The number of nitrogens with zero attached hydrogens (tertiary/aromatic N) is 4. The van der Waals surface area contributed by atoms with Crippen LogP contribution in [-0.2, 0) is 6.18 Å². The summed E-state index contributed by atoms with van der Waals surface area (Å²) in [7, 11) is 3.61. The molecule has 0 aliphatic rings. The van der Waals surface area contributed by atoms with Crippen LogP contribution >= 0.6 is 0 Å². The van der Waals surface area contributed by atoms with Crippen molar-refractivity contribution < 1.29 is 17.6 Å². The van der Waals surface area contributed by atoms with Crippen LogP contribution < -0.4 is 10.2 Å². The minimum atomic E-state index is -4.41. The Morgan fingerprint density at radius 3 is 2.27 bits per heavy atom. The van der Waals surface area contributed by atoms with E-state index in [0.717, 1.165) is 12.1 Å². The van der Waals surface area contributed by atoms with Crippen LogP contribution in [0.5, 0.6) is 0 Å². The van der Waals surface area contributed by atoms with Gasteiger partial charge in [-0.1, -0.05) is 12.1 Å². The summed E-state index contributed by atoms with van der Waals surface area (Å²) in [6, 6.07) is 7.38. The Bertz CT molecular complexity index is 1180. The molecule has 154 valence electrons. The van der Waals surface area contributed by atoms with Crippen LogP contribution in [0.4, 0.5) is 34.9 Å². The standard InChI is InChI=1S/C20H16F4N6/c1-30(2)19-25-9-13(10-26-19)27-15-8-17-16(7-14(15)21)28-18(29-17)11-3-5-12(6-4-11)20(22,23)24/h3-10,27H,1-2H3,(H,28,29). The van der Waals surface area contributed by atoms with Gasteiger partial charge in [0.2, 0.25) is 5.95 Å². The van der Waals surface area contributed by atoms with E-state index < -0.39 is 17.6 Å². The van der Waals surface area contributed by atoms with E-state index in [4.69, 9.17) is 0 Å². The van der Waals surface area contributed by atoms with Crippen LogP contribution in [0.3, 0.4) is 0 Å². The van der Waals surface area contributed by atoms with Crippen LogP contribution in [0.1, 0.15) is 5.56 Å². The van der Waals surface area contributed by atoms with Gasteiger partial charge in [0.05, 0.1) is 40.4 Å². The number of benzene rings is 2. The Hall–Kier alpha value is -3.69. The number of nitrogens with one attached hydrogen (secondary N) is 2. The number of hydrogen-bond donors (Lipinski definition) is 2. The zero-order valence-electron chi connectivity index (χ0n) is 15.9. The van der Waals surface area contributed by atoms with Gasteiger partial charge < -0.3 is 15.2 Å². The highest BCUT2D eigenvalue weighted by Crippen LogP contribution is 2.31. The van der Waals surface area contributed by atoms with E-state index in [-0.39, 0.29) is 5.69 Å². The van der Waals surface area contributed by atoms with Gasteiger partial charge in [0.1, 0.15) is 11.6 Å². The Labute approximate surface area is 168 Å². The maximum Gasteiger partial charge on any atom is 0.416 e. The first-order valence-electron chi connectivity index (χ1n) is 8.84. The molecule has 0 saturated carbocycles. The normalized spacial score (nSPS) is 11.7. The molecule has 6 nitrogen and oxygen atoms in total. The van der Waals surface area contributed by atoms with Crippen molar-refractivity contribution in [3.05, 3.63) is 60.2 Å². The zero-order valence-corrected chi connectivity index (χ0v) is 15.9. The maximum absolute atomic E-state index is 14.5. The van der Waals surface area contributed by atoms with Crippen molar-refractivity contribution in [2.45, 2.75) is 6.18 Å². The molecule has 30 heavy (non-hydrogen) atoms. The second-order valence-corrected chi connectivity index (χ2v) is 6.80. The van der Waals surface area contributed by atoms with E-state index in [9.17, 15) is 17.6 Å². The highest BCUT2D eigenvalue weighted by Gasteiger charge is 2.30. The molecular weight excluding hydrogens is 400 g/mol. The molecule has 0 spiro atoms. The van der Waals surface area contributed by atoms with Crippen molar-refractivity contribution in [3.8, 4) is 11.4 Å². The van der Waals surface area contributed by atoms with Gasteiger partial charge in [-0.25, -0.2) is 19.3 Å². The molecule has 0 bridgehead atoms. The maximum atomic E-state index is 14.5. The number of rotatable bonds is 4. The van der Waals surface area contributed by atoms with E-state index in [1.807, 2.05) is 14.1 Å². The van der Waals surface area contributed by atoms with Gasteiger partial charge in [-0.15, -0.1) is 0 Å². The van der Waals surface area contributed by atoms with E-state index in [2.05, 4.69) is 25.3 Å². The first-order chi connectivity index (χ1) is 14.2. The number of aromatic nitrogens is 4. The third-order valence-corrected chi connectivity index (χ3v) is 4.37. The third-order valence-electron chi connectivity index (χ3n) is 4.37. The number of anilines is 3. The predicted molar refractivity (Wildman–Crippen MR) is 106 cm³/mol. The van der Waals surface area contributed by atoms with Crippen LogP contribution in [-0.4, -0.2) is 34.0 Å². The van der Waals surface area contributed by atoms with Crippen molar-refractivity contribution >= 4 is 28.4 Å². The van der Waals surface area contributed by atoms with Crippen LogP contribution in [0.15, 0.2) is 48.8 Å². The largest absolute Gasteiger partial charge is 0.416 e. The molecule has 2 heterocycles. The third kappa shape index (κ3) is 3.88. The quantitative estimate of drug-likeness (QED) is 0.459. The van der Waals surface area contributed by atoms with E-state index in [1.165, 1.54) is 36.7 Å². The first-order valence-corrected chi connectivity index (χ1v) is 8.84. The van der Waals surface area contributed by atoms with E-state index >= 15 is 0 Å². The lowest BCUT2D eigenvalue weighted by Gasteiger charge is -2.11. The molecule has 2 N–H and O–H groups in total. The molecule has 0 atom stereocenters. The summed E-state index contributed by atoms with van der Waals surface area (Å²) < 4.78 is 52.7. The second kappa shape index (κ2) is 7.29. The topological polar surface area (TPSA) is 69.7 Å². The number of halogens is 4. The lowest BCUT2D eigenvalue weighted by atomic mass is 10.1. The average Bonchev–Trinajstić information content (AvgIpc) is 3.11. The average molecular weight is 416 g/mol. The molecule has 2 aromatic heterocycles. The summed E-state index contributed by atoms with van der Waals surface area (Å²) in [6.07, 6.45) is -1.35. The number of alkyl halides is 3. The van der Waals surface area contributed by atoms with Crippen LogP contribution in [0, 0.1) is 5.82 Å². The Balaban J connectivity index is 1.62. The fourth-order valence-electron chi connectivity index (χ4n) is 2.85. The molecule has 0 saturated heterocycles. The first kappa shape index (κ1) is 19.6. The molecule has 10 heteroatoms. The smallest absolute Gasteiger partial charge is 0.351 e. The lowest BCUT2D eigenvalue weighted by molar-refractivity contribution is -0.137. The van der Waals surface area contributed by atoms with Gasteiger partial charge in [-0.2, -0.15) is 13.2 Å². The fourth-order valence-corrected chi connectivity index (χ4v) is 2.85. The Morgan fingerprint density at radius 2 is 1.67 bits per heavy atom. The summed E-state index contributed by atoms with van der Waals surface area (Å²) in [5.74, 6) is 0.334. The number of imidazole rings is 1. The number of fused-ring (bicyclic) bond motifs is 1. The fraction of sp³-hybridized carbons (Fsp3) is 0.150. The minimum absolute atomic E-state index is 0.175. The summed E-state index contributed by atoms with van der Waals surface area (Å²) in [4.78, 5) is 17.4. The van der Waals surface area contributed by atoms with E-state index in [0.29, 0.717) is 34.1 Å². The number of H-pyrrole nitrogens is 1. The zero-order chi connectivity index (χ0) is 21.5. The molecule has 0 fully saturated rings. The summed E-state index contributed by atoms with van der Waals surface area (Å²) in [5, 5.41) is 2.91. The minimum Gasteiger partial charge on any atom is -0.351 e. The highest BCUT2D eigenvalue weighted by molar-refractivity contribution is 5.84. The molecular formula is C20H16F4N6. The molecule has 2 aromatic carbocycles. The molecule has 0 aliphatic heterocycles. The predicted octanol–water partition coefficient (Wildman–Crippen LogP) is 4.99. The van der Waals surface area contributed by atoms with Crippen LogP contribution in [0.2, 0.25) is 0 Å². The second-order valence-electron chi connectivity index (χ2n) is 6.80. The number of hydrogen-bond acceptors (Lipinski definition) is 5. The van der Waals surface area contributed by atoms with Crippen molar-refractivity contribution in [2.24, 2.45) is 0 Å². The van der Waals surface area contributed by atoms with Gasteiger partial charge in [-0.3, -0.25) is 0 Å². The molecule has 4 rings (SSSR count). The molecule has 0 radical (unpaired) electrons. The van der Waals surface area contributed by atoms with Crippen LogP contribution in [0.25, 0.3) is 22.4 Å². The van der Waals surface area contributed by atoms with Gasteiger partial charge >= 0.3 is 6.18 Å². The molecule has 0 aliphatic carbocycles. The molecule has 0 amide bonds. The van der Waals surface area contributed by atoms with Gasteiger partial charge in [0.25, 0.3) is 0 Å².